The monoisotopic (exact) mass is 286 g/mol. The van der Waals surface area contributed by atoms with Gasteiger partial charge in [0.1, 0.15) is 0 Å². The van der Waals surface area contributed by atoms with Crippen molar-refractivity contribution in [2.24, 2.45) is 23.7 Å². The van der Waals surface area contributed by atoms with Crippen molar-refractivity contribution in [2.75, 3.05) is 13.7 Å². The van der Waals surface area contributed by atoms with Gasteiger partial charge < -0.3 is 14.6 Å². The number of aliphatic hydroxyl groups excluding tert-OH is 1. The van der Waals surface area contributed by atoms with Crippen molar-refractivity contribution in [3.05, 3.63) is 0 Å². The fraction of sp³-hybridized carbons (Fsp3) is 1.00. The smallest absolute Gasteiger partial charge is 0.156 e. The van der Waals surface area contributed by atoms with E-state index in [2.05, 4.69) is 13.8 Å². The third-order valence-corrected chi connectivity index (χ3v) is 5.15. The van der Waals surface area contributed by atoms with E-state index in [0.717, 1.165) is 12.5 Å². The second-order valence-corrected chi connectivity index (χ2v) is 6.23. The number of ether oxygens (including phenoxy) is 2. The molecule has 2 aliphatic rings. The molecule has 1 saturated heterocycles. The molecule has 0 amide bonds. The maximum atomic E-state index is 9.93. The molecule has 2 fully saturated rings. The molecule has 1 N–H and O–H groups in total. The van der Waals surface area contributed by atoms with Gasteiger partial charge in [0, 0.05) is 13.0 Å². The van der Waals surface area contributed by atoms with Gasteiger partial charge in [0.2, 0.25) is 0 Å². The Hall–Kier alpha value is -0.120. The molecule has 1 aliphatic carbocycles. The molecule has 0 radical (unpaired) electrons. The van der Waals surface area contributed by atoms with Crippen molar-refractivity contribution in [1.82, 2.24) is 0 Å². The lowest BCUT2D eigenvalue weighted by Gasteiger charge is -2.41. The highest BCUT2D eigenvalue weighted by Gasteiger charge is 2.39. The van der Waals surface area contributed by atoms with Crippen molar-refractivity contribution in [3.8, 4) is 0 Å². The number of hydrogen-bond acceptors (Lipinski definition) is 3. The Balaban J connectivity index is 0.000000956. The molecule has 0 aromatic heterocycles. The first-order chi connectivity index (χ1) is 9.63. The quantitative estimate of drug-likeness (QED) is 0.801. The Morgan fingerprint density at radius 3 is 2.50 bits per heavy atom. The molecule has 3 heteroatoms. The molecule has 1 heterocycles. The lowest BCUT2D eigenvalue weighted by Crippen LogP contribution is -2.39. The van der Waals surface area contributed by atoms with Gasteiger partial charge in [0.05, 0.1) is 12.7 Å². The standard InChI is InChI=1S/C15H28O3.C2H6/c1-10-7-8-12-5-4-6-13(14(12)9-18-10)11(2)15(16)17-3;1-2/h10-16H,4-9H2,1-3H3;1-2H3/t10?,11-,12?,13?,14?,15?;/m1./s1. The summed E-state index contributed by atoms with van der Waals surface area (Å²) in [4.78, 5) is 0. The van der Waals surface area contributed by atoms with Gasteiger partial charge in [-0.25, -0.2) is 0 Å². The van der Waals surface area contributed by atoms with Gasteiger partial charge in [-0.05, 0) is 43.9 Å². The first kappa shape index (κ1) is 17.9. The molecule has 1 aliphatic heterocycles. The SMILES string of the molecule is CC.COC(O)[C@H](C)C1CCCC2CCC(C)OCC21. The lowest BCUT2D eigenvalue weighted by atomic mass is 9.66. The zero-order chi connectivity index (χ0) is 15.1. The van der Waals surface area contributed by atoms with Crippen LogP contribution in [-0.4, -0.2) is 31.2 Å². The summed E-state index contributed by atoms with van der Waals surface area (Å²) in [6.45, 7) is 9.17. The Labute approximate surface area is 125 Å². The first-order valence-corrected chi connectivity index (χ1v) is 8.46. The van der Waals surface area contributed by atoms with Crippen LogP contribution in [0.1, 0.15) is 59.8 Å². The summed E-state index contributed by atoms with van der Waals surface area (Å²) in [5.74, 6) is 2.16. The highest BCUT2D eigenvalue weighted by Crippen LogP contribution is 2.43. The molecular formula is C17H34O3. The number of rotatable bonds is 3. The van der Waals surface area contributed by atoms with Gasteiger partial charge in [-0.1, -0.05) is 33.6 Å². The minimum absolute atomic E-state index is 0.208. The second kappa shape index (κ2) is 9.01. The van der Waals surface area contributed by atoms with Gasteiger partial charge in [-0.3, -0.25) is 0 Å². The van der Waals surface area contributed by atoms with Gasteiger partial charge in [-0.2, -0.15) is 0 Å². The highest BCUT2D eigenvalue weighted by atomic mass is 16.6. The van der Waals surface area contributed by atoms with E-state index >= 15 is 0 Å². The summed E-state index contributed by atoms with van der Waals surface area (Å²) < 4.78 is 11.1. The summed E-state index contributed by atoms with van der Waals surface area (Å²) in [7, 11) is 1.59. The Morgan fingerprint density at radius 1 is 1.15 bits per heavy atom. The number of aliphatic hydroxyl groups is 1. The molecule has 120 valence electrons. The van der Waals surface area contributed by atoms with Crippen LogP contribution in [0.5, 0.6) is 0 Å². The van der Waals surface area contributed by atoms with E-state index in [1.165, 1.54) is 32.1 Å². The minimum Gasteiger partial charge on any atom is -0.378 e. The maximum absolute atomic E-state index is 9.93. The number of fused-ring (bicyclic) bond motifs is 1. The van der Waals surface area contributed by atoms with Gasteiger partial charge in [0.25, 0.3) is 0 Å². The largest absolute Gasteiger partial charge is 0.378 e. The summed E-state index contributed by atoms with van der Waals surface area (Å²) in [6, 6.07) is 0. The van der Waals surface area contributed by atoms with Gasteiger partial charge >= 0.3 is 0 Å². The topological polar surface area (TPSA) is 38.7 Å². The van der Waals surface area contributed by atoms with Crippen molar-refractivity contribution >= 4 is 0 Å². The van der Waals surface area contributed by atoms with Crippen molar-refractivity contribution in [1.29, 1.82) is 0 Å². The van der Waals surface area contributed by atoms with Crippen LogP contribution in [0.15, 0.2) is 0 Å². The van der Waals surface area contributed by atoms with E-state index in [0.29, 0.717) is 17.9 Å². The summed E-state index contributed by atoms with van der Waals surface area (Å²) >= 11 is 0. The van der Waals surface area contributed by atoms with Crippen molar-refractivity contribution in [3.63, 3.8) is 0 Å². The molecule has 20 heavy (non-hydrogen) atoms. The minimum atomic E-state index is -0.630. The zero-order valence-corrected chi connectivity index (χ0v) is 14.0. The summed E-state index contributed by atoms with van der Waals surface area (Å²) in [6.07, 6.45) is 6.09. The van der Waals surface area contributed by atoms with Crippen molar-refractivity contribution in [2.45, 2.75) is 72.2 Å². The van der Waals surface area contributed by atoms with E-state index in [-0.39, 0.29) is 5.92 Å². The van der Waals surface area contributed by atoms with Crippen LogP contribution in [0.3, 0.4) is 0 Å². The molecule has 5 unspecified atom stereocenters. The van der Waals surface area contributed by atoms with E-state index in [1.54, 1.807) is 7.11 Å². The van der Waals surface area contributed by atoms with Crippen LogP contribution in [0.4, 0.5) is 0 Å². The predicted octanol–water partition coefficient (Wildman–Crippen LogP) is 3.84. The average Bonchev–Trinajstić information content (AvgIpc) is 2.69. The van der Waals surface area contributed by atoms with Crippen LogP contribution < -0.4 is 0 Å². The lowest BCUT2D eigenvalue weighted by molar-refractivity contribution is -0.138. The molecule has 0 aromatic rings. The highest BCUT2D eigenvalue weighted by molar-refractivity contribution is 4.87. The van der Waals surface area contributed by atoms with E-state index in [1.807, 2.05) is 13.8 Å². The van der Waals surface area contributed by atoms with Gasteiger partial charge in [-0.15, -0.1) is 0 Å². The molecule has 0 aromatic carbocycles. The van der Waals surface area contributed by atoms with Crippen LogP contribution in [0, 0.1) is 23.7 Å². The predicted molar refractivity (Wildman–Crippen MR) is 82.5 cm³/mol. The van der Waals surface area contributed by atoms with E-state index in [9.17, 15) is 5.11 Å². The Bertz CT molecular complexity index is 255. The molecule has 3 nitrogen and oxygen atoms in total. The Morgan fingerprint density at radius 2 is 1.85 bits per heavy atom. The zero-order valence-electron chi connectivity index (χ0n) is 14.0. The summed E-state index contributed by atoms with van der Waals surface area (Å²) in [5, 5.41) is 9.93. The van der Waals surface area contributed by atoms with E-state index < -0.39 is 6.29 Å². The van der Waals surface area contributed by atoms with Crippen LogP contribution in [0.25, 0.3) is 0 Å². The van der Waals surface area contributed by atoms with E-state index in [4.69, 9.17) is 9.47 Å². The third-order valence-electron chi connectivity index (χ3n) is 5.15. The molecule has 2 rings (SSSR count). The normalized spacial score (nSPS) is 36.9. The number of hydrogen-bond donors (Lipinski definition) is 1. The average molecular weight is 286 g/mol. The maximum Gasteiger partial charge on any atom is 0.156 e. The third kappa shape index (κ3) is 4.44. The number of methoxy groups -OCH3 is 1. The van der Waals surface area contributed by atoms with Crippen molar-refractivity contribution < 1.29 is 14.6 Å². The second-order valence-electron chi connectivity index (χ2n) is 6.23. The van der Waals surface area contributed by atoms with Crippen LogP contribution >= 0.6 is 0 Å². The van der Waals surface area contributed by atoms with Gasteiger partial charge in [0.15, 0.2) is 6.29 Å². The molecular weight excluding hydrogens is 252 g/mol. The van der Waals surface area contributed by atoms with Crippen LogP contribution in [0.2, 0.25) is 0 Å². The molecule has 6 atom stereocenters. The van der Waals surface area contributed by atoms with Crippen LogP contribution in [-0.2, 0) is 9.47 Å². The fourth-order valence-electron chi connectivity index (χ4n) is 3.90. The molecule has 1 saturated carbocycles. The Kier molecular flexibility index (Phi) is 8.08. The summed E-state index contributed by atoms with van der Waals surface area (Å²) in [5.41, 5.74) is 0. The fourth-order valence-corrected chi connectivity index (χ4v) is 3.90. The molecule has 0 bridgehead atoms. The molecule has 0 spiro atoms. The first-order valence-electron chi connectivity index (χ1n) is 8.46.